The minimum absolute atomic E-state index is 0.0563. The fraction of sp³-hybridized carbons (Fsp3) is 0.519. The van der Waals surface area contributed by atoms with Gasteiger partial charge in [0.1, 0.15) is 0 Å². The van der Waals surface area contributed by atoms with Crippen LogP contribution in [0.1, 0.15) is 47.9 Å². The molecule has 16 heteroatoms. The standard InChI is InChI=1S/C54H78N2O14/c1-55(27-21-39-15-17-43(59-3)45(33-39)61-5,29-23-41-35-47(63-7)53(67-11)48(36-41)64-8)25-13-31-69-51(57)19-20-52(58)70-32-14-26-56(2,28-22-40-16-18-44(60-4)46(34-40)62-6)30-24-42-37-49(65-9)54(68-12)50(38-42)66-10/h15-18,33-38H,13-14,19-32H2,1-12H3/q+2. The van der Waals surface area contributed by atoms with E-state index < -0.39 is 11.9 Å². The number of hydrogen-bond donors (Lipinski definition) is 0. The normalized spacial score (nSPS) is 12.7. The molecule has 4 rings (SSSR count). The van der Waals surface area contributed by atoms with Gasteiger partial charge in [0.15, 0.2) is 46.0 Å². The van der Waals surface area contributed by atoms with Crippen molar-refractivity contribution < 1.29 is 75.4 Å². The number of quaternary nitrogens is 2. The van der Waals surface area contributed by atoms with Crippen LogP contribution in [0.15, 0.2) is 60.7 Å². The maximum Gasteiger partial charge on any atom is 0.306 e. The quantitative estimate of drug-likeness (QED) is 0.0263. The van der Waals surface area contributed by atoms with Crippen molar-refractivity contribution in [1.29, 1.82) is 0 Å². The molecule has 0 radical (unpaired) electrons. The first-order chi connectivity index (χ1) is 33.7. The molecule has 2 unspecified atom stereocenters. The van der Waals surface area contributed by atoms with E-state index in [0.717, 1.165) is 87.2 Å². The predicted molar refractivity (Wildman–Crippen MR) is 268 cm³/mol. The van der Waals surface area contributed by atoms with Crippen molar-refractivity contribution in [1.82, 2.24) is 0 Å². The van der Waals surface area contributed by atoms with E-state index in [0.29, 0.717) is 79.3 Å². The molecule has 0 spiro atoms. The van der Waals surface area contributed by atoms with Gasteiger partial charge in [-0.15, -0.1) is 0 Å². The smallest absolute Gasteiger partial charge is 0.306 e. The molecule has 0 aliphatic heterocycles. The third-order valence-electron chi connectivity index (χ3n) is 12.9. The third kappa shape index (κ3) is 16.7. The molecule has 4 aromatic carbocycles. The maximum atomic E-state index is 12.9. The van der Waals surface area contributed by atoms with E-state index in [4.69, 9.17) is 56.8 Å². The molecule has 386 valence electrons. The molecular formula is C54H78N2O14+2. The Morgan fingerprint density at radius 3 is 0.929 bits per heavy atom. The van der Waals surface area contributed by atoms with Gasteiger partial charge in [0.25, 0.3) is 0 Å². The molecule has 4 aromatic rings. The molecule has 0 aliphatic carbocycles. The summed E-state index contributed by atoms with van der Waals surface area (Å²) in [6, 6.07) is 19.9. The lowest BCUT2D eigenvalue weighted by atomic mass is 10.1. The van der Waals surface area contributed by atoms with Gasteiger partial charge in [-0.2, -0.15) is 0 Å². The van der Waals surface area contributed by atoms with Gasteiger partial charge < -0.3 is 65.8 Å². The molecular weight excluding hydrogens is 901 g/mol. The fourth-order valence-electron chi connectivity index (χ4n) is 8.51. The van der Waals surface area contributed by atoms with Gasteiger partial charge in [0, 0.05) is 38.5 Å². The molecule has 70 heavy (non-hydrogen) atoms. The largest absolute Gasteiger partial charge is 0.493 e. The molecule has 0 saturated carbocycles. The second-order valence-corrected chi connectivity index (χ2v) is 17.7. The summed E-state index contributed by atoms with van der Waals surface area (Å²) >= 11 is 0. The highest BCUT2D eigenvalue weighted by Gasteiger charge is 2.26. The fourth-order valence-corrected chi connectivity index (χ4v) is 8.51. The lowest BCUT2D eigenvalue weighted by molar-refractivity contribution is -0.909. The summed E-state index contributed by atoms with van der Waals surface area (Å²) in [5, 5.41) is 0. The number of benzene rings is 4. The summed E-state index contributed by atoms with van der Waals surface area (Å²) in [7, 11) is 20.6. The Labute approximate surface area is 415 Å². The molecule has 0 heterocycles. The molecule has 0 amide bonds. The lowest BCUT2D eigenvalue weighted by Gasteiger charge is -2.35. The van der Waals surface area contributed by atoms with Gasteiger partial charge in [0.2, 0.25) is 11.5 Å². The lowest BCUT2D eigenvalue weighted by Crippen LogP contribution is -2.48. The van der Waals surface area contributed by atoms with Crippen molar-refractivity contribution >= 4 is 11.9 Å². The van der Waals surface area contributed by atoms with Crippen LogP contribution in [0.3, 0.4) is 0 Å². The molecule has 0 aromatic heterocycles. The Balaban J connectivity index is 1.30. The van der Waals surface area contributed by atoms with E-state index >= 15 is 0 Å². The number of likely N-dealkylation sites (N-methyl/N-ethyl adjacent to an activating group) is 2. The number of carbonyl (C=O) groups excluding carboxylic acids is 2. The monoisotopic (exact) mass is 979 g/mol. The van der Waals surface area contributed by atoms with Crippen LogP contribution in [0.25, 0.3) is 0 Å². The number of methoxy groups -OCH3 is 10. The summed E-state index contributed by atoms with van der Waals surface area (Å²) in [6.45, 7) is 5.22. The topological polar surface area (TPSA) is 145 Å². The molecule has 16 nitrogen and oxygen atoms in total. The highest BCUT2D eigenvalue weighted by Crippen LogP contribution is 2.40. The average molecular weight is 979 g/mol. The van der Waals surface area contributed by atoms with Crippen LogP contribution in [0.5, 0.6) is 57.5 Å². The number of hydrogen-bond acceptors (Lipinski definition) is 14. The minimum Gasteiger partial charge on any atom is -0.493 e. The SMILES string of the molecule is COc1ccc(CC[N+](C)(CCCOC(=O)CCC(=O)OCCC[N+](C)(CCc2ccc(OC)c(OC)c2)CCc2cc(OC)c(OC)c(OC)c2)CCc2cc(OC)c(OC)c(OC)c2)cc1OC. The Morgan fingerprint density at radius 1 is 0.357 bits per heavy atom. The van der Waals surface area contributed by atoms with E-state index in [2.05, 4.69) is 26.2 Å². The van der Waals surface area contributed by atoms with Gasteiger partial charge in [-0.05, 0) is 70.8 Å². The van der Waals surface area contributed by atoms with E-state index in [1.807, 2.05) is 48.5 Å². The molecule has 0 N–H and O–H groups in total. The van der Waals surface area contributed by atoms with Crippen LogP contribution in [-0.2, 0) is 44.7 Å². The number of ether oxygens (including phenoxy) is 12. The highest BCUT2D eigenvalue weighted by molar-refractivity contribution is 5.77. The zero-order chi connectivity index (χ0) is 51.1. The summed E-state index contributed by atoms with van der Waals surface area (Å²) in [5.74, 6) is 5.39. The highest BCUT2D eigenvalue weighted by atomic mass is 16.6. The molecule has 2 atom stereocenters. The first-order valence-electron chi connectivity index (χ1n) is 23.7. The summed E-state index contributed by atoms with van der Waals surface area (Å²) in [5.41, 5.74) is 4.35. The number of esters is 2. The molecule has 0 fully saturated rings. The Morgan fingerprint density at radius 2 is 0.643 bits per heavy atom. The van der Waals surface area contributed by atoms with Crippen molar-refractivity contribution in [2.24, 2.45) is 0 Å². The van der Waals surface area contributed by atoms with Gasteiger partial charge >= 0.3 is 11.9 Å². The maximum absolute atomic E-state index is 12.9. The number of nitrogens with zero attached hydrogens (tertiary/aromatic N) is 2. The van der Waals surface area contributed by atoms with Gasteiger partial charge in [-0.1, -0.05) is 12.1 Å². The van der Waals surface area contributed by atoms with Crippen LogP contribution in [0, 0.1) is 0 Å². The van der Waals surface area contributed by atoms with Crippen molar-refractivity contribution in [3.05, 3.63) is 82.9 Å². The van der Waals surface area contributed by atoms with Crippen molar-refractivity contribution in [2.45, 2.75) is 51.4 Å². The van der Waals surface area contributed by atoms with Crippen molar-refractivity contribution in [3.8, 4) is 57.5 Å². The van der Waals surface area contributed by atoms with E-state index in [1.54, 1.807) is 71.1 Å². The predicted octanol–water partition coefficient (Wildman–Crippen LogP) is 7.58. The van der Waals surface area contributed by atoms with Gasteiger partial charge in [-0.3, -0.25) is 9.59 Å². The first-order valence-corrected chi connectivity index (χ1v) is 23.7. The van der Waals surface area contributed by atoms with Crippen LogP contribution >= 0.6 is 0 Å². The van der Waals surface area contributed by atoms with Crippen LogP contribution in [0.4, 0.5) is 0 Å². The van der Waals surface area contributed by atoms with Crippen molar-refractivity contribution in [2.75, 3.05) is 138 Å². The summed E-state index contributed by atoms with van der Waals surface area (Å²) < 4.78 is 68.3. The van der Waals surface area contributed by atoms with Gasteiger partial charge in [-0.25, -0.2) is 0 Å². The second kappa shape index (κ2) is 28.4. The van der Waals surface area contributed by atoms with Gasteiger partial charge in [0.05, 0.1) is 151 Å². The van der Waals surface area contributed by atoms with E-state index in [9.17, 15) is 9.59 Å². The molecule has 0 aliphatic rings. The number of rotatable bonds is 33. The Bertz CT molecular complexity index is 2060. The minimum atomic E-state index is -0.430. The Hall–Kier alpha value is -6.26. The van der Waals surface area contributed by atoms with Crippen LogP contribution in [0.2, 0.25) is 0 Å². The first kappa shape index (κ1) is 56.3. The molecule has 0 bridgehead atoms. The van der Waals surface area contributed by atoms with Crippen LogP contribution < -0.4 is 47.4 Å². The summed E-state index contributed by atoms with van der Waals surface area (Å²) in [4.78, 5) is 25.8. The summed E-state index contributed by atoms with van der Waals surface area (Å²) in [6.07, 6.45) is 4.23. The Kier molecular flexibility index (Phi) is 22.9. The zero-order valence-electron chi connectivity index (χ0n) is 43.7. The van der Waals surface area contributed by atoms with Crippen molar-refractivity contribution in [3.63, 3.8) is 0 Å². The third-order valence-corrected chi connectivity index (χ3v) is 12.9. The molecule has 0 saturated heterocycles. The second-order valence-electron chi connectivity index (χ2n) is 17.7. The van der Waals surface area contributed by atoms with Crippen LogP contribution in [-0.4, -0.2) is 159 Å². The number of carbonyl (C=O) groups is 2. The zero-order valence-corrected chi connectivity index (χ0v) is 43.7. The van der Waals surface area contributed by atoms with E-state index in [-0.39, 0.29) is 26.1 Å². The average Bonchev–Trinajstić information content (AvgIpc) is 3.39. The van der Waals surface area contributed by atoms with E-state index in [1.165, 1.54) is 0 Å².